The summed E-state index contributed by atoms with van der Waals surface area (Å²) in [5.41, 5.74) is 0. The van der Waals surface area contributed by atoms with Crippen molar-refractivity contribution in [2.75, 3.05) is 39.4 Å². The van der Waals surface area contributed by atoms with Crippen LogP contribution in [0.5, 0.6) is 11.5 Å². The van der Waals surface area contributed by atoms with E-state index in [1.54, 1.807) is 6.07 Å². The maximum Gasteiger partial charge on any atom is 0.241 e. The number of benzene rings is 1. The first-order valence-electron chi connectivity index (χ1n) is 11.7. The highest BCUT2D eigenvalue weighted by atomic mass is 32.2. The van der Waals surface area contributed by atoms with Crippen LogP contribution in [0.25, 0.3) is 0 Å². The van der Waals surface area contributed by atoms with Gasteiger partial charge in [-0.25, -0.2) is 8.42 Å². The minimum Gasteiger partial charge on any atom is -0.490 e. The Morgan fingerprint density at radius 2 is 1.79 bits per heavy atom. The number of hydrogen-bond donors (Lipinski definition) is 2. The number of carbonyl (C=O) groups is 1. The van der Waals surface area contributed by atoms with Crippen LogP contribution in [-0.2, 0) is 19.6 Å². The van der Waals surface area contributed by atoms with E-state index in [1.165, 1.54) is 12.1 Å². The third-order valence-electron chi connectivity index (χ3n) is 5.71. The van der Waals surface area contributed by atoms with Gasteiger partial charge in [0.2, 0.25) is 15.9 Å². The molecular weight excluding hydrogens is 446 g/mol. The molecule has 1 saturated heterocycles. The molecule has 3 unspecified atom stereocenters. The molecule has 2 heterocycles. The SMILES string of the molecule is CC1CN(CCCNC(=O)C(NS(=O)(=O)c2ccc3c(c2)OCCCO3)C(C)C)CC(C)O1. The molecule has 0 radical (unpaired) electrons. The third kappa shape index (κ3) is 7.30. The van der Waals surface area contributed by atoms with Gasteiger partial charge in [0.25, 0.3) is 0 Å². The van der Waals surface area contributed by atoms with Gasteiger partial charge < -0.3 is 19.5 Å². The fourth-order valence-electron chi connectivity index (χ4n) is 4.13. The largest absolute Gasteiger partial charge is 0.490 e. The minimum atomic E-state index is -3.92. The number of rotatable bonds is 9. The molecular formula is C23H37N3O6S. The van der Waals surface area contributed by atoms with Crippen molar-refractivity contribution in [3.05, 3.63) is 18.2 Å². The molecule has 1 aromatic carbocycles. The van der Waals surface area contributed by atoms with Gasteiger partial charge in [-0.15, -0.1) is 0 Å². The standard InChI is InChI=1S/C23H37N3O6S/c1-16(2)22(23(27)24-9-5-10-26-14-17(3)32-18(4)15-26)25-33(28,29)19-7-8-20-21(13-19)31-12-6-11-30-20/h7-8,13,16-18,22,25H,5-6,9-12,14-15H2,1-4H3,(H,24,27). The Morgan fingerprint density at radius 3 is 2.45 bits per heavy atom. The molecule has 0 aromatic heterocycles. The lowest BCUT2D eigenvalue weighted by atomic mass is 10.1. The quantitative estimate of drug-likeness (QED) is 0.516. The van der Waals surface area contributed by atoms with Crippen LogP contribution < -0.4 is 19.5 Å². The minimum absolute atomic E-state index is 0.0424. The van der Waals surface area contributed by atoms with E-state index < -0.39 is 16.1 Å². The van der Waals surface area contributed by atoms with E-state index in [4.69, 9.17) is 14.2 Å². The summed E-state index contributed by atoms with van der Waals surface area (Å²) in [7, 11) is -3.92. The van der Waals surface area contributed by atoms with Crippen molar-refractivity contribution < 1.29 is 27.4 Å². The number of nitrogens with zero attached hydrogens (tertiary/aromatic N) is 1. The Balaban J connectivity index is 1.55. The molecule has 2 aliphatic heterocycles. The van der Waals surface area contributed by atoms with Gasteiger partial charge in [0.15, 0.2) is 11.5 Å². The van der Waals surface area contributed by atoms with Gasteiger partial charge in [0.1, 0.15) is 6.04 Å². The lowest BCUT2D eigenvalue weighted by molar-refractivity contribution is -0.123. The van der Waals surface area contributed by atoms with E-state index in [1.807, 2.05) is 13.8 Å². The number of ether oxygens (including phenoxy) is 3. The van der Waals surface area contributed by atoms with E-state index in [0.717, 1.165) is 32.5 Å². The van der Waals surface area contributed by atoms with Gasteiger partial charge >= 0.3 is 0 Å². The highest BCUT2D eigenvalue weighted by molar-refractivity contribution is 7.89. The van der Waals surface area contributed by atoms with Crippen molar-refractivity contribution in [3.63, 3.8) is 0 Å². The van der Waals surface area contributed by atoms with Gasteiger partial charge in [0, 0.05) is 38.7 Å². The van der Waals surface area contributed by atoms with Crippen LogP contribution in [0.3, 0.4) is 0 Å². The summed E-state index contributed by atoms with van der Waals surface area (Å²) in [6, 6.07) is 3.62. The molecule has 3 rings (SSSR count). The summed E-state index contributed by atoms with van der Waals surface area (Å²) in [4.78, 5) is 15.2. The Hall–Kier alpha value is -1.88. The third-order valence-corrected chi connectivity index (χ3v) is 7.14. The molecule has 1 aromatic rings. The topological polar surface area (TPSA) is 106 Å². The lowest BCUT2D eigenvalue weighted by Crippen LogP contribution is -2.50. The van der Waals surface area contributed by atoms with Crippen LogP contribution in [0.15, 0.2) is 23.1 Å². The molecule has 0 bridgehead atoms. The predicted octanol–water partition coefficient (Wildman–Crippen LogP) is 1.77. The summed E-state index contributed by atoms with van der Waals surface area (Å²) in [5.74, 6) is 0.370. The van der Waals surface area contributed by atoms with E-state index in [-0.39, 0.29) is 28.9 Å². The zero-order valence-electron chi connectivity index (χ0n) is 20.0. The second kappa shape index (κ2) is 11.5. The molecule has 2 aliphatic rings. The second-order valence-corrected chi connectivity index (χ2v) is 10.9. The van der Waals surface area contributed by atoms with Crippen molar-refractivity contribution in [3.8, 4) is 11.5 Å². The van der Waals surface area contributed by atoms with Crippen LogP contribution >= 0.6 is 0 Å². The number of carbonyl (C=O) groups excluding carboxylic acids is 1. The lowest BCUT2D eigenvalue weighted by Gasteiger charge is -2.35. The molecule has 1 fully saturated rings. The molecule has 186 valence electrons. The molecule has 0 spiro atoms. The zero-order chi connectivity index (χ0) is 24.0. The van der Waals surface area contributed by atoms with Crippen LogP contribution in [0, 0.1) is 5.92 Å². The second-order valence-electron chi connectivity index (χ2n) is 9.16. The summed E-state index contributed by atoms with van der Waals surface area (Å²) in [6.45, 7) is 11.8. The van der Waals surface area contributed by atoms with Crippen molar-refractivity contribution >= 4 is 15.9 Å². The summed E-state index contributed by atoms with van der Waals surface area (Å²) < 4.78 is 45.5. The van der Waals surface area contributed by atoms with Crippen molar-refractivity contribution in [1.29, 1.82) is 0 Å². The van der Waals surface area contributed by atoms with Crippen LogP contribution in [0.1, 0.15) is 40.5 Å². The molecule has 3 atom stereocenters. The highest BCUT2D eigenvalue weighted by Crippen LogP contribution is 2.32. The molecule has 33 heavy (non-hydrogen) atoms. The van der Waals surface area contributed by atoms with Crippen LogP contribution in [-0.4, -0.2) is 76.9 Å². The highest BCUT2D eigenvalue weighted by Gasteiger charge is 2.29. The van der Waals surface area contributed by atoms with Gasteiger partial charge in [0.05, 0.1) is 30.3 Å². The first kappa shape index (κ1) is 25.7. The van der Waals surface area contributed by atoms with E-state index in [0.29, 0.717) is 31.3 Å². The normalized spacial score (nSPS) is 22.6. The zero-order valence-corrected chi connectivity index (χ0v) is 20.8. The monoisotopic (exact) mass is 483 g/mol. The van der Waals surface area contributed by atoms with Crippen molar-refractivity contribution in [2.24, 2.45) is 5.92 Å². The Bertz CT molecular complexity index is 897. The number of nitrogens with one attached hydrogen (secondary N) is 2. The Morgan fingerprint density at radius 1 is 1.12 bits per heavy atom. The van der Waals surface area contributed by atoms with Gasteiger partial charge in [-0.3, -0.25) is 9.69 Å². The van der Waals surface area contributed by atoms with E-state index in [9.17, 15) is 13.2 Å². The fraction of sp³-hybridized carbons (Fsp3) is 0.696. The number of fused-ring (bicyclic) bond motifs is 1. The average Bonchev–Trinajstić information content (AvgIpc) is 2.99. The number of morpholine rings is 1. The average molecular weight is 484 g/mol. The number of sulfonamides is 1. The first-order chi connectivity index (χ1) is 15.7. The molecule has 10 heteroatoms. The van der Waals surface area contributed by atoms with Gasteiger partial charge in [-0.05, 0) is 38.3 Å². The fourth-order valence-corrected chi connectivity index (χ4v) is 5.49. The Labute approximate surface area is 197 Å². The number of amides is 1. The van der Waals surface area contributed by atoms with Crippen LogP contribution in [0.2, 0.25) is 0 Å². The summed E-state index contributed by atoms with van der Waals surface area (Å²) >= 11 is 0. The smallest absolute Gasteiger partial charge is 0.241 e. The summed E-state index contributed by atoms with van der Waals surface area (Å²) in [6.07, 6.45) is 1.92. The molecule has 0 aliphatic carbocycles. The predicted molar refractivity (Wildman–Crippen MR) is 125 cm³/mol. The first-order valence-corrected chi connectivity index (χ1v) is 13.2. The number of hydrogen-bond acceptors (Lipinski definition) is 7. The molecule has 0 saturated carbocycles. The molecule has 1 amide bonds. The van der Waals surface area contributed by atoms with Crippen molar-refractivity contribution in [2.45, 2.75) is 63.7 Å². The maximum atomic E-state index is 13.0. The molecule has 2 N–H and O–H groups in total. The van der Waals surface area contributed by atoms with Crippen molar-refractivity contribution in [1.82, 2.24) is 14.9 Å². The molecule has 9 nitrogen and oxygen atoms in total. The summed E-state index contributed by atoms with van der Waals surface area (Å²) in [5, 5.41) is 2.89. The van der Waals surface area contributed by atoms with Gasteiger partial charge in [-0.1, -0.05) is 13.8 Å². The maximum absolute atomic E-state index is 13.0. The van der Waals surface area contributed by atoms with E-state index in [2.05, 4.69) is 28.8 Å². The van der Waals surface area contributed by atoms with Crippen LogP contribution in [0.4, 0.5) is 0 Å². The Kier molecular flexibility index (Phi) is 8.97. The van der Waals surface area contributed by atoms with Gasteiger partial charge in [-0.2, -0.15) is 4.72 Å². The van der Waals surface area contributed by atoms with E-state index >= 15 is 0 Å².